The molecule has 6 heteroatoms. The van der Waals surface area contributed by atoms with Crippen molar-refractivity contribution in [2.75, 3.05) is 0 Å². The van der Waals surface area contributed by atoms with Crippen molar-refractivity contribution in [1.29, 1.82) is 0 Å². The molecule has 0 atom stereocenters. The first kappa shape index (κ1) is 10.7. The van der Waals surface area contributed by atoms with Crippen LogP contribution in [0.25, 0.3) is 0 Å². The summed E-state index contributed by atoms with van der Waals surface area (Å²) in [7, 11) is -3.39. The van der Waals surface area contributed by atoms with E-state index in [-0.39, 0.29) is 16.2 Å². The zero-order valence-corrected chi connectivity index (χ0v) is 9.12. The quantitative estimate of drug-likeness (QED) is 0.824. The molecule has 0 aliphatic heterocycles. The van der Waals surface area contributed by atoms with E-state index in [1.165, 1.54) is 18.2 Å². The van der Waals surface area contributed by atoms with E-state index in [4.69, 9.17) is 0 Å². The molecule has 0 unspecified atom stereocenters. The number of hydrogen-bond acceptors (Lipinski definition) is 3. The minimum atomic E-state index is -3.39. The highest BCUT2D eigenvalue weighted by atomic mass is 32.2. The van der Waals surface area contributed by atoms with Gasteiger partial charge in [0.1, 0.15) is 0 Å². The summed E-state index contributed by atoms with van der Waals surface area (Å²) in [4.78, 5) is 11.1. The molecule has 1 heterocycles. The number of aromatic nitrogens is 2. The molecule has 0 fully saturated rings. The summed E-state index contributed by atoms with van der Waals surface area (Å²) >= 11 is 0. The summed E-state index contributed by atoms with van der Waals surface area (Å²) in [6.07, 6.45) is 0. The Labute approximate surface area is 92.0 Å². The van der Waals surface area contributed by atoms with Crippen LogP contribution in [0, 0.1) is 0 Å². The molecular formula is C10H10N2O3S. The lowest BCUT2D eigenvalue weighted by atomic mass is 10.4. The first-order valence-electron chi connectivity index (χ1n) is 4.62. The van der Waals surface area contributed by atoms with Crippen molar-refractivity contribution in [3.05, 3.63) is 52.4 Å². The number of aromatic amines is 2. The molecule has 2 aromatic rings. The lowest BCUT2D eigenvalue weighted by Crippen LogP contribution is -2.05. The van der Waals surface area contributed by atoms with Gasteiger partial charge in [-0.05, 0) is 12.1 Å². The predicted octanol–water partition coefficient (Wildman–Crippen LogP) is 0.677. The molecule has 2 rings (SSSR count). The van der Waals surface area contributed by atoms with Crippen LogP contribution in [0.2, 0.25) is 0 Å². The van der Waals surface area contributed by atoms with E-state index in [1.54, 1.807) is 18.2 Å². The van der Waals surface area contributed by atoms with Crippen molar-refractivity contribution in [3.8, 4) is 0 Å². The van der Waals surface area contributed by atoms with E-state index in [0.29, 0.717) is 5.69 Å². The average Bonchev–Trinajstić information content (AvgIpc) is 2.64. The van der Waals surface area contributed by atoms with E-state index in [9.17, 15) is 13.2 Å². The maximum absolute atomic E-state index is 11.9. The van der Waals surface area contributed by atoms with E-state index >= 15 is 0 Å². The van der Waals surface area contributed by atoms with Crippen LogP contribution in [0.3, 0.4) is 0 Å². The van der Waals surface area contributed by atoms with E-state index in [0.717, 1.165) is 0 Å². The van der Waals surface area contributed by atoms with E-state index in [1.807, 2.05) is 0 Å². The number of hydrogen-bond donors (Lipinski definition) is 2. The molecule has 2 N–H and O–H groups in total. The van der Waals surface area contributed by atoms with Gasteiger partial charge in [0.05, 0.1) is 16.3 Å². The Morgan fingerprint density at radius 2 is 1.75 bits per heavy atom. The summed E-state index contributed by atoms with van der Waals surface area (Å²) in [5.74, 6) is -0.213. The lowest BCUT2D eigenvalue weighted by molar-refractivity contribution is 0.594. The zero-order valence-electron chi connectivity index (χ0n) is 8.30. The summed E-state index contributed by atoms with van der Waals surface area (Å²) in [5, 5.41) is 4.81. The first-order chi connectivity index (χ1) is 7.58. The fourth-order valence-corrected chi connectivity index (χ4v) is 2.67. The zero-order chi connectivity index (χ0) is 11.6. The molecule has 0 spiro atoms. The Hall–Kier alpha value is -1.82. The molecule has 1 aromatic carbocycles. The molecule has 0 saturated heterocycles. The van der Waals surface area contributed by atoms with Gasteiger partial charge in [-0.1, -0.05) is 18.2 Å². The fourth-order valence-electron chi connectivity index (χ4n) is 1.37. The third-order valence-corrected chi connectivity index (χ3v) is 3.78. The third-order valence-electron chi connectivity index (χ3n) is 2.10. The van der Waals surface area contributed by atoms with Crippen LogP contribution in [-0.4, -0.2) is 18.6 Å². The number of nitrogens with one attached hydrogen (secondary N) is 2. The Kier molecular flexibility index (Phi) is 2.66. The number of sulfone groups is 1. The smallest absolute Gasteiger partial charge is 0.264 e. The monoisotopic (exact) mass is 238 g/mol. The molecule has 1 aromatic heterocycles. The molecule has 0 aliphatic rings. The van der Waals surface area contributed by atoms with Crippen molar-refractivity contribution in [1.82, 2.24) is 10.2 Å². The van der Waals surface area contributed by atoms with Crippen molar-refractivity contribution < 1.29 is 8.42 Å². The van der Waals surface area contributed by atoms with Gasteiger partial charge in [0.15, 0.2) is 9.84 Å². The normalized spacial score (nSPS) is 11.5. The molecule has 0 bridgehead atoms. The number of benzene rings is 1. The van der Waals surface area contributed by atoms with Crippen molar-refractivity contribution in [2.24, 2.45) is 0 Å². The molecule has 0 radical (unpaired) electrons. The SMILES string of the molecule is O=c1cc(CS(=O)(=O)c2ccccc2)[nH][nH]1. The summed E-state index contributed by atoms with van der Waals surface area (Å²) in [6, 6.07) is 9.36. The molecule has 16 heavy (non-hydrogen) atoms. The van der Waals surface area contributed by atoms with Gasteiger partial charge < -0.3 is 5.10 Å². The predicted molar refractivity (Wildman–Crippen MR) is 58.7 cm³/mol. The molecular weight excluding hydrogens is 228 g/mol. The van der Waals surface area contributed by atoms with Crippen LogP contribution in [-0.2, 0) is 15.6 Å². The Bertz CT molecular complexity index is 625. The second kappa shape index (κ2) is 3.97. The molecule has 0 amide bonds. The van der Waals surface area contributed by atoms with Gasteiger partial charge in [-0.3, -0.25) is 9.89 Å². The molecule has 84 valence electrons. The maximum Gasteiger partial charge on any atom is 0.264 e. The highest BCUT2D eigenvalue weighted by molar-refractivity contribution is 7.90. The van der Waals surface area contributed by atoms with Crippen LogP contribution in [0.4, 0.5) is 0 Å². The fraction of sp³-hybridized carbons (Fsp3) is 0.100. The lowest BCUT2D eigenvalue weighted by Gasteiger charge is -2.01. The van der Waals surface area contributed by atoms with E-state index in [2.05, 4.69) is 10.2 Å². The van der Waals surface area contributed by atoms with Crippen LogP contribution < -0.4 is 5.56 Å². The number of H-pyrrole nitrogens is 2. The summed E-state index contributed by atoms with van der Waals surface area (Å²) < 4.78 is 23.7. The standard InChI is InChI=1S/C10H10N2O3S/c13-10-6-8(11-12-10)7-16(14,15)9-4-2-1-3-5-9/h1-6H,7H2,(H2,11,12,13). The van der Waals surface area contributed by atoms with Gasteiger partial charge in [0.2, 0.25) is 0 Å². The first-order valence-corrected chi connectivity index (χ1v) is 6.27. The van der Waals surface area contributed by atoms with Gasteiger partial charge in [-0.2, -0.15) is 0 Å². The van der Waals surface area contributed by atoms with Gasteiger partial charge in [0, 0.05) is 6.07 Å². The minimum absolute atomic E-state index is 0.213. The van der Waals surface area contributed by atoms with Crippen LogP contribution in [0.1, 0.15) is 5.69 Å². The van der Waals surface area contributed by atoms with Crippen LogP contribution >= 0.6 is 0 Å². The van der Waals surface area contributed by atoms with Crippen LogP contribution in [0.15, 0.2) is 46.1 Å². The topological polar surface area (TPSA) is 82.8 Å². The minimum Gasteiger partial charge on any atom is -0.301 e. The largest absolute Gasteiger partial charge is 0.301 e. The van der Waals surface area contributed by atoms with Crippen molar-refractivity contribution in [2.45, 2.75) is 10.6 Å². The maximum atomic E-state index is 11.9. The van der Waals surface area contributed by atoms with Gasteiger partial charge >= 0.3 is 0 Å². The average molecular weight is 238 g/mol. The molecule has 0 saturated carbocycles. The van der Waals surface area contributed by atoms with Crippen LogP contribution in [0.5, 0.6) is 0 Å². The Balaban J connectivity index is 2.31. The Morgan fingerprint density at radius 3 is 2.31 bits per heavy atom. The summed E-state index contributed by atoms with van der Waals surface area (Å²) in [6.45, 7) is 0. The third kappa shape index (κ3) is 2.22. The highest BCUT2D eigenvalue weighted by Gasteiger charge is 2.15. The van der Waals surface area contributed by atoms with Gasteiger partial charge in [-0.15, -0.1) is 0 Å². The van der Waals surface area contributed by atoms with Crippen molar-refractivity contribution >= 4 is 9.84 Å². The van der Waals surface area contributed by atoms with Gasteiger partial charge in [-0.25, -0.2) is 8.42 Å². The summed E-state index contributed by atoms with van der Waals surface area (Å²) in [5.41, 5.74) is 0.0205. The van der Waals surface area contributed by atoms with Gasteiger partial charge in [0.25, 0.3) is 5.56 Å². The Morgan fingerprint density at radius 1 is 1.06 bits per heavy atom. The molecule has 0 aliphatic carbocycles. The van der Waals surface area contributed by atoms with Crippen molar-refractivity contribution in [3.63, 3.8) is 0 Å². The molecule has 5 nitrogen and oxygen atoms in total. The highest BCUT2D eigenvalue weighted by Crippen LogP contribution is 2.13. The second-order valence-corrected chi connectivity index (χ2v) is 5.35. The number of rotatable bonds is 3. The van der Waals surface area contributed by atoms with E-state index < -0.39 is 9.84 Å². The second-order valence-electron chi connectivity index (χ2n) is 3.36.